The molecular formula is C15H14F3N5O5S. The Hall–Kier alpha value is -3.29. The van der Waals surface area contributed by atoms with Gasteiger partial charge in [0, 0.05) is 0 Å². The smallest absolute Gasteiger partial charge is 0.416 e. The average molecular weight is 433 g/mol. The molecular weight excluding hydrogens is 419 g/mol. The van der Waals surface area contributed by atoms with Gasteiger partial charge < -0.3 is 14.2 Å². The maximum atomic E-state index is 12.9. The molecule has 0 amide bonds. The van der Waals surface area contributed by atoms with Gasteiger partial charge in [-0.1, -0.05) is 0 Å². The lowest BCUT2D eigenvalue weighted by Crippen LogP contribution is -2.16. The summed E-state index contributed by atoms with van der Waals surface area (Å²) in [7, 11) is -0.651. The lowest BCUT2D eigenvalue weighted by atomic mass is 10.2. The van der Waals surface area contributed by atoms with Crippen molar-refractivity contribution in [1.82, 2.24) is 19.6 Å². The Morgan fingerprint density at radius 3 is 2.34 bits per heavy atom. The second kappa shape index (κ2) is 7.27. The minimum atomic E-state index is -4.66. The third-order valence-corrected chi connectivity index (χ3v) is 5.08. The van der Waals surface area contributed by atoms with Gasteiger partial charge in [-0.3, -0.25) is 0 Å². The zero-order valence-electron chi connectivity index (χ0n) is 15.2. The summed E-state index contributed by atoms with van der Waals surface area (Å²) < 4.78 is 82.1. The Morgan fingerprint density at radius 2 is 1.76 bits per heavy atom. The molecule has 29 heavy (non-hydrogen) atoms. The van der Waals surface area contributed by atoms with Crippen LogP contribution in [0, 0.1) is 0 Å². The molecule has 0 radical (unpaired) electrons. The first kappa shape index (κ1) is 20.4. The number of hydrogen-bond acceptors (Lipinski definition) is 8. The number of methoxy groups -OCH3 is 3. The second-order valence-corrected chi connectivity index (χ2v) is 7.10. The van der Waals surface area contributed by atoms with Crippen molar-refractivity contribution in [2.75, 3.05) is 26.1 Å². The first-order valence-corrected chi connectivity index (χ1v) is 9.21. The van der Waals surface area contributed by atoms with E-state index in [-0.39, 0.29) is 23.4 Å². The molecule has 0 saturated carbocycles. The monoisotopic (exact) mass is 433 g/mol. The SMILES string of the molecule is COc1cc(C(F)(F)F)ccc1S(=O)(=O)Nc1nc2c(OC)cnc(OC)n2n1. The van der Waals surface area contributed by atoms with Crippen LogP contribution < -0.4 is 18.9 Å². The van der Waals surface area contributed by atoms with Crippen molar-refractivity contribution < 1.29 is 35.8 Å². The van der Waals surface area contributed by atoms with Crippen LogP contribution >= 0.6 is 0 Å². The molecule has 0 unspecified atom stereocenters. The topological polar surface area (TPSA) is 117 Å². The van der Waals surface area contributed by atoms with E-state index in [4.69, 9.17) is 14.2 Å². The lowest BCUT2D eigenvalue weighted by Gasteiger charge is -2.13. The Bertz CT molecular complexity index is 1120. The average Bonchev–Trinajstić information content (AvgIpc) is 3.08. The fourth-order valence-electron chi connectivity index (χ4n) is 2.40. The Morgan fingerprint density at radius 1 is 1.07 bits per heavy atom. The van der Waals surface area contributed by atoms with Crippen LogP contribution in [0.25, 0.3) is 5.65 Å². The summed E-state index contributed by atoms with van der Waals surface area (Å²) in [4.78, 5) is 7.42. The number of rotatable bonds is 6. The number of alkyl halides is 3. The minimum absolute atomic E-state index is 0.00542. The molecule has 2 heterocycles. The molecule has 156 valence electrons. The zero-order chi connectivity index (χ0) is 21.4. The van der Waals surface area contributed by atoms with E-state index < -0.39 is 32.4 Å². The summed E-state index contributed by atoms with van der Waals surface area (Å²) in [5, 5.41) is 3.94. The van der Waals surface area contributed by atoms with E-state index >= 15 is 0 Å². The van der Waals surface area contributed by atoms with Crippen LogP contribution in [0.2, 0.25) is 0 Å². The van der Waals surface area contributed by atoms with Gasteiger partial charge in [-0.25, -0.2) is 13.1 Å². The molecule has 1 N–H and O–H groups in total. The van der Waals surface area contributed by atoms with Gasteiger partial charge in [-0.15, -0.1) is 5.10 Å². The molecule has 14 heteroatoms. The Balaban J connectivity index is 2.04. The highest BCUT2D eigenvalue weighted by Crippen LogP contribution is 2.35. The van der Waals surface area contributed by atoms with Crippen molar-refractivity contribution in [3.63, 3.8) is 0 Å². The summed E-state index contributed by atoms with van der Waals surface area (Å²) in [5.41, 5.74) is -0.948. The van der Waals surface area contributed by atoms with Crippen molar-refractivity contribution in [1.29, 1.82) is 0 Å². The third-order valence-electron chi connectivity index (χ3n) is 3.71. The van der Waals surface area contributed by atoms with Gasteiger partial charge >= 0.3 is 12.2 Å². The van der Waals surface area contributed by atoms with Crippen molar-refractivity contribution in [3.05, 3.63) is 30.0 Å². The van der Waals surface area contributed by atoms with Gasteiger partial charge in [0.15, 0.2) is 5.75 Å². The maximum absolute atomic E-state index is 12.9. The Labute approximate surface area is 162 Å². The minimum Gasteiger partial charge on any atom is -0.495 e. The van der Waals surface area contributed by atoms with Gasteiger partial charge in [-0.05, 0) is 18.2 Å². The van der Waals surface area contributed by atoms with E-state index in [1.165, 1.54) is 20.4 Å². The number of ether oxygens (including phenoxy) is 3. The fraction of sp³-hybridized carbons (Fsp3) is 0.267. The van der Waals surface area contributed by atoms with Gasteiger partial charge in [0.1, 0.15) is 10.6 Å². The first-order valence-electron chi connectivity index (χ1n) is 7.72. The molecule has 1 aromatic carbocycles. The highest BCUT2D eigenvalue weighted by molar-refractivity contribution is 7.92. The largest absolute Gasteiger partial charge is 0.495 e. The van der Waals surface area contributed by atoms with E-state index in [0.29, 0.717) is 12.1 Å². The van der Waals surface area contributed by atoms with Crippen molar-refractivity contribution in [2.45, 2.75) is 11.1 Å². The van der Waals surface area contributed by atoms with Crippen LogP contribution in [0.4, 0.5) is 19.1 Å². The van der Waals surface area contributed by atoms with E-state index in [9.17, 15) is 21.6 Å². The predicted octanol–water partition coefficient (Wildman–Crippen LogP) is 1.97. The van der Waals surface area contributed by atoms with Crippen LogP contribution in [0.15, 0.2) is 29.3 Å². The lowest BCUT2D eigenvalue weighted by molar-refractivity contribution is -0.137. The highest BCUT2D eigenvalue weighted by Gasteiger charge is 2.33. The molecule has 0 bridgehead atoms. The standard InChI is InChI=1S/C15H14F3N5O5S/c1-26-9-6-8(15(16,17)18)4-5-11(9)29(24,25)22-13-20-12-10(27-2)7-19-14(28-3)23(12)21-13/h4-7H,1-3H3,(H,21,22). The third kappa shape index (κ3) is 3.83. The molecule has 0 aliphatic rings. The summed E-state index contributed by atoms with van der Waals surface area (Å²) in [5.74, 6) is -0.680. The van der Waals surface area contributed by atoms with Gasteiger partial charge in [0.2, 0.25) is 5.65 Å². The predicted molar refractivity (Wildman–Crippen MR) is 92.7 cm³/mol. The van der Waals surface area contributed by atoms with E-state index in [1.807, 2.05) is 0 Å². The van der Waals surface area contributed by atoms with Crippen LogP contribution in [0.3, 0.4) is 0 Å². The number of anilines is 1. The second-order valence-electron chi connectivity index (χ2n) is 5.45. The zero-order valence-corrected chi connectivity index (χ0v) is 16.0. The molecule has 0 saturated heterocycles. The molecule has 0 spiro atoms. The maximum Gasteiger partial charge on any atom is 0.416 e. The number of nitrogens with one attached hydrogen (secondary N) is 1. The normalized spacial score (nSPS) is 12.1. The molecule has 3 rings (SSSR count). The number of nitrogens with zero attached hydrogens (tertiary/aromatic N) is 4. The van der Waals surface area contributed by atoms with Gasteiger partial charge in [0.25, 0.3) is 16.0 Å². The molecule has 0 aliphatic heterocycles. The molecule has 10 nitrogen and oxygen atoms in total. The number of hydrogen-bond donors (Lipinski definition) is 1. The van der Waals surface area contributed by atoms with Crippen molar-refractivity contribution in [3.8, 4) is 17.5 Å². The summed E-state index contributed by atoms with van der Waals surface area (Å²) >= 11 is 0. The number of fused-ring (bicyclic) bond motifs is 1. The summed E-state index contributed by atoms with van der Waals surface area (Å²) in [6.07, 6.45) is -3.35. The van der Waals surface area contributed by atoms with Crippen LogP contribution in [0.5, 0.6) is 17.5 Å². The number of benzene rings is 1. The van der Waals surface area contributed by atoms with E-state index in [1.54, 1.807) is 0 Å². The molecule has 0 aliphatic carbocycles. The van der Waals surface area contributed by atoms with Crippen LogP contribution in [-0.2, 0) is 16.2 Å². The summed E-state index contributed by atoms with van der Waals surface area (Å²) in [6.45, 7) is 0. The first-order chi connectivity index (χ1) is 13.6. The molecule has 2 aromatic heterocycles. The van der Waals surface area contributed by atoms with Crippen LogP contribution in [0.1, 0.15) is 5.56 Å². The highest BCUT2D eigenvalue weighted by atomic mass is 32.2. The van der Waals surface area contributed by atoms with Gasteiger partial charge in [-0.2, -0.15) is 27.7 Å². The quantitative estimate of drug-likeness (QED) is 0.627. The summed E-state index contributed by atoms with van der Waals surface area (Å²) in [6, 6.07) is 2.00. The number of aromatic nitrogens is 4. The molecule has 0 fully saturated rings. The molecule has 3 aromatic rings. The van der Waals surface area contributed by atoms with Crippen molar-refractivity contribution in [2.24, 2.45) is 0 Å². The van der Waals surface area contributed by atoms with Gasteiger partial charge in [0.05, 0.1) is 33.1 Å². The van der Waals surface area contributed by atoms with Crippen molar-refractivity contribution >= 4 is 21.6 Å². The molecule has 0 atom stereocenters. The number of halogens is 3. The fourth-order valence-corrected chi connectivity index (χ4v) is 3.49. The van der Waals surface area contributed by atoms with Crippen LogP contribution in [-0.4, -0.2) is 49.3 Å². The number of sulfonamides is 1. The van der Waals surface area contributed by atoms with E-state index in [0.717, 1.165) is 17.7 Å². The van der Waals surface area contributed by atoms with E-state index in [2.05, 4.69) is 19.8 Å². The Kier molecular flexibility index (Phi) is 5.13.